The third-order valence-electron chi connectivity index (χ3n) is 5.36. The predicted molar refractivity (Wildman–Crippen MR) is 95.5 cm³/mol. The van der Waals surface area contributed by atoms with E-state index in [1.54, 1.807) is 0 Å². The molecule has 0 unspecified atom stereocenters. The Morgan fingerprint density at radius 2 is 2.23 bits per heavy atom. The van der Waals surface area contributed by atoms with E-state index in [-0.39, 0.29) is 17.8 Å². The molecule has 0 bridgehead atoms. The number of nitrogens with zero attached hydrogens (tertiary/aromatic N) is 2. The first kappa shape index (κ1) is 17.2. The van der Waals surface area contributed by atoms with Crippen LogP contribution in [0.2, 0.25) is 0 Å². The van der Waals surface area contributed by atoms with Crippen LogP contribution in [0.15, 0.2) is 28.7 Å². The van der Waals surface area contributed by atoms with Crippen molar-refractivity contribution in [2.45, 2.75) is 57.9 Å². The zero-order valence-electron chi connectivity index (χ0n) is 15.0. The molecule has 0 radical (unpaired) electrons. The maximum atomic E-state index is 13.3. The molecule has 1 saturated carbocycles. The summed E-state index contributed by atoms with van der Waals surface area (Å²) in [7, 11) is 0. The minimum absolute atomic E-state index is 0.107. The Hall–Kier alpha value is -2.21. The Balaban J connectivity index is 1.40. The molecule has 2 atom stereocenters. The van der Waals surface area contributed by atoms with Crippen molar-refractivity contribution in [3.05, 3.63) is 52.7 Å². The van der Waals surface area contributed by atoms with Crippen LogP contribution in [0.25, 0.3) is 0 Å². The third kappa shape index (κ3) is 3.65. The minimum atomic E-state index is -0.812. The second-order valence-corrected chi connectivity index (χ2v) is 7.36. The van der Waals surface area contributed by atoms with E-state index in [4.69, 9.17) is 4.42 Å². The summed E-state index contributed by atoms with van der Waals surface area (Å²) in [6.45, 7) is 4.54. The number of fused-ring (bicyclic) bond motifs is 1. The predicted octanol–water partition coefficient (Wildman–Crippen LogP) is 3.16. The molecule has 1 fully saturated rings. The van der Waals surface area contributed by atoms with E-state index in [0.717, 1.165) is 31.0 Å². The summed E-state index contributed by atoms with van der Waals surface area (Å²) in [4.78, 5) is 19.1. The van der Waals surface area contributed by atoms with Crippen molar-refractivity contribution in [3.63, 3.8) is 0 Å². The molecule has 2 aromatic rings. The number of hydrogen-bond donors (Lipinski definition) is 1. The normalized spacial score (nSPS) is 23.0. The fraction of sp³-hybridized carbons (Fsp3) is 0.500. The number of alkyl halides is 1. The number of halogens is 1. The maximum Gasteiger partial charge on any atom is 0.307 e. The van der Waals surface area contributed by atoms with E-state index in [1.807, 2.05) is 6.07 Å². The van der Waals surface area contributed by atoms with Crippen LogP contribution in [0, 0.1) is 6.92 Å². The van der Waals surface area contributed by atoms with Crippen molar-refractivity contribution in [2.24, 2.45) is 0 Å². The summed E-state index contributed by atoms with van der Waals surface area (Å²) in [6.07, 6.45) is 1.51. The van der Waals surface area contributed by atoms with Gasteiger partial charge in [0.1, 0.15) is 11.9 Å². The van der Waals surface area contributed by atoms with Crippen LogP contribution in [0.4, 0.5) is 4.39 Å². The van der Waals surface area contributed by atoms with Gasteiger partial charge in [0.15, 0.2) is 0 Å². The number of carbonyl (C=O) groups excluding carboxylic acids is 1. The van der Waals surface area contributed by atoms with Gasteiger partial charge in [-0.3, -0.25) is 9.69 Å². The van der Waals surface area contributed by atoms with Crippen molar-refractivity contribution in [3.8, 4) is 0 Å². The number of oxazole rings is 1. The molecule has 1 N–H and O–H groups in total. The Kier molecular flexibility index (Phi) is 4.76. The van der Waals surface area contributed by atoms with Gasteiger partial charge >= 0.3 is 5.91 Å². The average Bonchev–Trinajstić information content (AvgIpc) is 3.22. The van der Waals surface area contributed by atoms with Crippen molar-refractivity contribution >= 4 is 5.91 Å². The number of aromatic nitrogens is 1. The molecular formula is C20H24FN3O2. The number of benzene rings is 1. The molecule has 0 spiro atoms. The molecule has 1 amide bonds. The highest BCUT2D eigenvalue weighted by Crippen LogP contribution is 2.24. The lowest BCUT2D eigenvalue weighted by atomic mass is 10.1. The molecule has 1 aliphatic carbocycles. The van der Waals surface area contributed by atoms with Gasteiger partial charge in [-0.2, -0.15) is 0 Å². The van der Waals surface area contributed by atoms with Crippen molar-refractivity contribution in [1.82, 2.24) is 15.2 Å². The Bertz CT molecular complexity index is 804. The quantitative estimate of drug-likeness (QED) is 0.913. The second-order valence-electron chi connectivity index (χ2n) is 7.36. The smallest absolute Gasteiger partial charge is 0.307 e. The van der Waals surface area contributed by atoms with Gasteiger partial charge in [0.05, 0.1) is 5.69 Å². The van der Waals surface area contributed by atoms with Crippen LogP contribution >= 0.6 is 0 Å². The van der Waals surface area contributed by atoms with E-state index in [2.05, 4.69) is 40.3 Å². The molecule has 2 aliphatic rings. The number of nitrogens with one attached hydrogen (secondary N) is 1. The molecule has 0 saturated heterocycles. The molecule has 4 rings (SSSR count). The zero-order valence-corrected chi connectivity index (χ0v) is 15.0. The van der Waals surface area contributed by atoms with Crippen molar-refractivity contribution < 1.29 is 13.6 Å². The Morgan fingerprint density at radius 3 is 3.00 bits per heavy atom. The number of aryl methyl sites for hydroxylation is 1. The summed E-state index contributed by atoms with van der Waals surface area (Å²) in [5.41, 5.74) is 3.42. The van der Waals surface area contributed by atoms with Crippen molar-refractivity contribution in [2.75, 3.05) is 6.54 Å². The highest BCUT2D eigenvalue weighted by atomic mass is 19.1. The lowest BCUT2D eigenvalue weighted by molar-refractivity contribution is 0.0899. The van der Waals surface area contributed by atoms with E-state index >= 15 is 0 Å². The van der Waals surface area contributed by atoms with Gasteiger partial charge in [0, 0.05) is 32.1 Å². The standard InChI is InChI=1S/C20H24FN3O2/c1-13-4-2-3-5-14(13)11-24-9-8-18-17(12-24)23-20(26-18)19(25)22-16-7-6-15(21)10-16/h2-5,15-16H,6-12H2,1H3,(H,22,25)/t15-,16-/m1/s1. The van der Waals surface area contributed by atoms with Crippen molar-refractivity contribution in [1.29, 1.82) is 0 Å². The van der Waals surface area contributed by atoms with Crippen LogP contribution < -0.4 is 5.32 Å². The first-order valence-electron chi connectivity index (χ1n) is 9.29. The summed E-state index contributed by atoms with van der Waals surface area (Å²) in [5.74, 6) is 0.574. The van der Waals surface area contributed by atoms with Gasteiger partial charge < -0.3 is 9.73 Å². The van der Waals surface area contributed by atoms with Gasteiger partial charge in [0.25, 0.3) is 5.89 Å². The molecule has 1 aromatic carbocycles. The number of rotatable bonds is 4. The molecular weight excluding hydrogens is 333 g/mol. The SMILES string of the molecule is Cc1ccccc1CN1CCc2oc(C(=O)N[C@@H]3CC[C@@H](F)C3)nc2C1. The van der Waals surface area contributed by atoms with Crippen LogP contribution in [0.1, 0.15) is 52.5 Å². The molecule has 6 heteroatoms. The number of carbonyl (C=O) groups is 1. The van der Waals surface area contributed by atoms with Gasteiger partial charge in [0.2, 0.25) is 0 Å². The fourth-order valence-corrected chi connectivity index (χ4v) is 3.82. The fourth-order valence-electron chi connectivity index (χ4n) is 3.82. The Morgan fingerprint density at radius 1 is 1.38 bits per heavy atom. The lowest BCUT2D eigenvalue weighted by Gasteiger charge is -2.25. The molecule has 5 nitrogen and oxygen atoms in total. The highest BCUT2D eigenvalue weighted by Gasteiger charge is 2.29. The monoisotopic (exact) mass is 357 g/mol. The van der Waals surface area contributed by atoms with Gasteiger partial charge in [-0.15, -0.1) is 0 Å². The van der Waals surface area contributed by atoms with Crippen LogP contribution in [-0.2, 0) is 19.5 Å². The second kappa shape index (κ2) is 7.19. The molecule has 26 heavy (non-hydrogen) atoms. The summed E-state index contributed by atoms with van der Waals surface area (Å²) in [6, 6.07) is 8.26. The van der Waals surface area contributed by atoms with Gasteiger partial charge in [-0.05, 0) is 37.3 Å². The van der Waals surface area contributed by atoms with Crippen LogP contribution in [0.3, 0.4) is 0 Å². The summed E-state index contributed by atoms with van der Waals surface area (Å²) < 4.78 is 19.0. The summed E-state index contributed by atoms with van der Waals surface area (Å²) >= 11 is 0. The molecule has 138 valence electrons. The molecule has 1 aromatic heterocycles. The highest BCUT2D eigenvalue weighted by molar-refractivity contribution is 5.90. The van der Waals surface area contributed by atoms with Crippen LogP contribution in [0.5, 0.6) is 0 Å². The molecule has 1 aliphatic heterocycles. The van der Waals surface area contributed by atoms with Gasteiger partial charge in [-0.1, -0.05) is 24.3 Å². The first-order chi connectivity index (χ1) is 12.6. The van der Waals surface area contributed by atoms with Gasteiger partial charge in [-0.25, -0.2) is 9.37 Å². The van der Waals surface area contributed by atoms with Crippen LogP contribution in [-0.4, -0.2) is 34.5 Å². The lowest BCUT2D eigenvalue weighted by Crippen LogP contribution is -2.33. The number of hydrogen-bond acceptors (Lipinski definition) is 4. The van der Waals surface area contributed by atoms with E-state index in [0.29, 0.717) is 25.8 Å². The largest absolute Gasteiger partial charge is 0.437 e. The minimum Gasteiger partial charge on any atom is -0.437 e. The molecule has 2 heterocycles. The zero-order chi connectivity index (χ0) is 18.1. The average molecular weight is 357 g/mol. The third-order valence-corrected chi connectivity index (χ3v) is 5.36. The van der Waals surface area contributed by atoms with E-state index in [9.17, 15) is 9.18 Å². The first-order valence-corrected chi connectivity index (χ1v) is 9.29. The van der Waals surface area contributed by atoms with E-state index in [1.165, 1.54) is 11.1 Å². The topological polar surface area (TPSA) is 58.4 Å². The Labute approximate surface area is 152 Å². The van der Waals surface area contributed by atoms with E-state index < -0.39 is 6.17 Å². The maximum absolute atomic E-state index is 13.3. The number of amides is 1. The summed E-state index contributed by atoms with van der Waals surface area (Å²) in [5, 5.41) is 2.84.